The molecule has 5 nitrogen and oxygen atoms in total. The van der Waals surface area contributed by atoms with Gasteiger partial charge in [-0.05, 0) is 72.9 Å². The molecule has 164 valence electrons. The van der Waals surface area contributed by atoms with E-state index >= 15 is 0 Å². The maximum Gasteiger partial charge on any atom is 0.251 e. The highest BCUT2D eigenvalue weighted by Crippen LogP contribution is 2.19. The van der Waals surface area contributed by atoms with Crippen molar-refractivity contribution < 1.29 is 4.79 Å². The summed E-state index contributed by atoms with van der Waals surface area (Å²) in [6.45, 7) is 9.97. The minimum atomic E-state index is -0.158. The normalized spacial score (nSPS) is 11.3. The van der Waals surface area contributed by atoms with Gasteiger partial charge in [0.25, 0.3) is 5.91 Å². The molecular formula is C26H27ClN4O. The SMILES string of the molecule is C=C/C(Cl)=C\c1cc(Cc2cc(C(=O)NCc3c(C)cc(N)nc3C)ccn2)ccc1C. The van der Waals surface area contributed by atoms with Crippen LogP contribution in [0.3, 0.4) is 0 Å². The number of pyridine rings is 2. The smallest absolute Gasteiger partial charge is 0.251 e. The van der Waals surface area contributed by atoms with Crippen molar-refractivity contribution >= 4 is 29.4 Å². The van der Waals surface area contributed by atoms with Crippen LogP contribution < -0.4 is 11.1 Å². The number of hydrogen-bond acceptors (Lipinski definition) is 4. The molecule has 0 fully saturated rings. The van der Waals surface area contributed by atoms with Crippen LogP contribution in [0.4, 0.5) is 5.82 Å². The molecule has 0 radical (unpaired) electrons. The molecule has 0 saturated heterocycles. The molecule has 0 unspecified atom stereocenters. The first-order valence-corrected chi connectivity index (χ1v) is 10.7. The summed E-state index contributed by atoms with van der Waals surface area (Å²) in [5.74, 6) is 0.324. The summed E-state index contributed by atoms with van der Waals surface area (Å²) in [6, 6.07) is 11.5. The van der Waals surface area contributed by atoms with Gasteiger partial charge < -0.3 is 11.1 Å². The van der Waals surface area contributed by atoms with Crippen LogP contribution in [0.2, 0.25) is 0 Å². The number of nitrogens with two attached hydrogens (primary N) is 1. The fourth-order valence-electron chi connectivity index (χ4n) is 3.51. The van der Waals surface area contributed by atoms with E-state index in [4.69, 9.17) is 17.3 Å². The van der Waals surface area contributed by atoms with Crippen LogP contribution in [0.1, 0.15) is 49.6 Å². The second-order valence-electron chi connectivity index (χ2n) is 7.75. The van der Waals surface area contributed by atoms with Crippen molar-refractivity contribution in [2.75, 3.05) is 5.73 Å². The molecule has 2 heterocycles. The molecule has 0 atom stereocenters. The number of nitrogens with one attached hydrogen (secondary N) is 1. The van der Waals surface area contributed by atoms with Crippen molar-refractivity contribution in [1.82, 2.24) is 15.3 Å². The van der Waals surface area contributed by atoms with E-state index in [0.717, 1.165) is 39.2 Å². The highest BCUT2D eigenvalue weighted by atomic mass is 35.5. The number of benzene rings is 1. The van der Waals surface area contributed by atoms with Gasteiger partial charge in [-0.3, -0.25) is 9.78 Å². The number of halogens is 1. The van der Waals surface area contributed by atoms with Gasteiger partial charge in [0.1, 0.15) is 5.82 Å². The van der Waals surface area contributed by atoms with E-state index in [1.807, 2.05) is 39.0 Å². The zero-order valence-electron chi connectivity index (χ0n) is 18.6. The largest absolute Gasteiger partial charge is 0.384 e. The Morgan fingerprint density at radius 3 is 2.66 bits per heavy atom. The maximum absolute atomic E-state index is 12.7. The average Bonchev–Trinajstić information content (AvgIpc) is 2.75. The van der Waals surface area contributed by atoms with Gasteiger partial charge in [0.2, 0.25) is 0 Å². The third-order valence-corrected chi connectivity index (χ3v) is 5.56. The Bertz CT molecular complexity index is 1180. The lowest BCUT2D eigenvalue weighted by Crippen LogP contribution is -2.24. The Hall–Kier alpha value is -3.44. The van der Waals surface area contributed by atoms with Crippen LogP contribution in [0.25, 0.3) is 6.08 Å². The lowest BCUT2D eigenvalue weighted by Gasteiger charge is -2.12. The number of rotatable bonds is 7. The van der Waals surface area contributed by atoms with Gasteiger partial charge in [0.05, 0.1) is 0 Å². The van der Waals surface area contributed by atoms with Gasteiger partial charge in [0, 0.05) is 41.1 Å². The Balaban J connectivity index is 1.74. The van der Waals surface area contributed by atoms with E-state index in [0.29, 0.717) is 29.4 Å². The minimum Gasteiger partial charge on any atom is -0.384 e. The van der Waals surface area contributed by atoms with Crippen molar-refractivity contribution in [2.24, 2.45) is 0 Å². The molecule has 1 aromatic carbocycles. The van der Waals surface area contributed by atoms with Crippen LogP contribution in [-0.2, 0) is 13.0 Å². The van der Waals surface area contributed by atoms with Crippen LogP contribution >= 0.6 is 11.6 Å². The molecular weight excluding hydrogens is 420 g/mol. The van der Waals surface area contributed by atoms with Crippen LogP contribution in [-0.4, -0.2) is 15.9 Å². The standard InChI is InChI=1S/C26H27ClN4O/c1-5-22(27)13-21-11-19(7-6-16(21)2)12-23-14-20(8-9-29-23)26(32)30-15-24-17(3)10-25(28)31-18(24)4/h5-11,13-14H,1,12,15H2,2-4H3,(H2,28,31)(H,30,32)/b22-13+. The lowest BCUT2D eigenvalue weighted by atomic mass is 10.0. The van der Waals surface area contributed by atoms with E-state index in [-0.39, 0.29) is 5.91 Å². The zero-order chi connectivity index (χ0) is 23.3. The fraction of sp³-hybridized carbons (Fsp3) is 0.192. The predicted molar refractivity (Wildman–Crippen MR) is 132 cm³/mol. The molecule has 0 aliphatic heterocycles. The molecule has 0 aliphatic carbocycles. The number of carbonyl (C=O) groups is 1. The topological polar surface area (TPSA) is 80.9 Å². The van der Waals surface area contributed by atoms with Gasteiger partial charge in [-0.25, -0.2) is 4.98 Å². The van der Waals surface area contributed by atoms with Crippen molar-refractivity contribution in [1.29, 1.82) is 0 Å². The van der Waals surface area contributed by atoms with Crippen LogP contribution in [0.5, 0.6) is 0 Å². The molecule has 3 rings (SSSR count). The van der Waals surface area contributed by atoms with Gasteiger partial charge in [-0.1, -0.05) is 42.5 Å². The van der Waals surface area contributed by atoms with Crippen molar-refractivity contribution in [3.63, 3.8) is 0 Å². The van der Waals surface area contributed by atoms with Gasteiger partial charge in [-0.2, -0.15) is 0 Å². The second kappa shape index (κ2) is 10.2. The number of amides is 1. The van der Waals surface area contributed by atoms with Gasteiger partial charge >= 0.3 is 0 Å². The van der Waals surface area contributed by atoms with Gasteiger partial charge in [-0.15, -0.1) is 0 Å². The third kappa shape index (κ3) is 5.83. The summed E-state index contributed by atoms with van der Waals surface area (Å²) in [4.78, 5) is 21.5. The summed E-state index contributed by atoms with van der Waals surface area (Å²) >= 11 is 6.12. The number of nitrogens with zero attached hydrogens (tertiary/aromatic N) is 2. The van der Waals surface area contributed by atoms with E-state index in [1.54, 1.807) is 18.3 Å². The molecule has 3 N–H and O–H groups in total. The average molecular weight is 447 g/mol. The third-order valence-electron chi connectivity index (χ3n) is 5.30. The van der Waals surface area contributed by atoms with Crippen molar-refractivity contribution in [2.45, 2.75) is 33.7 Å². The first-order valence-electron chi connectivity index (χ1n) is 10.3. The maximum atomic E-state index is 12.7. The summed E-state index contributed by atoms with van der Waals surface area (Å²) in [5, 5.41) is 3.56. The molecule has 0 spiro atoms. The zero-order valence-corrected chi connectivity index (χ0v) is 19.3. The molecule has 6 heteroatoms. The molecule has 0 saturated carbocycles. The molecule has 0 bridgehead atoms. The predicted octanol–water partition coefficient (Wildman–Crippen LogP) is 5.27. The fourth-order valence-corrected chi connectivity index (χ4v) is 3.63. The number of carbonyl (C=O) groups excluding carboxylic acids is 1. The number of allylic oxidation sites excluding steroid dienone is 2. The second-order valence-corrected chi connectivity index (χ2v) is 8.18. The Morgan fingerprint density at radius 1 is 1.16 bits per heavy atom. The summed E-state index contributed by atoms with van der Waals surface area (Å²) < 4.78 is 0. The summed E-state index contributed by atoms with van der Waals surface area (Å²) in [7, 11) is 0. The molecule has 3 aromatic rings. The first kappa shape index (κ1) is 23.2. The van der Waals surface area contributed by atoms with Crippen molar-refractivity contribution in [3.8, 4) is 0 Å². The Morgan fingerprint density at radius 2 is 1.94 bits per heavy atom. The van der Waals surface area contributed by atoms with Crippen LogP contribution in [0, 0.1) is 20.8 Å². The number of anilines is 1. The van der Waals surface area contributed by atoms with E-state index < -0.39 is 0 Å². The summed E-state index contributed by atoms with van der Waals surface area (Å²) in [6.07, 6.45) is 5.77. The van der Waals surface area contributed by atoms with E-state index in [9.17, 15) is 4.79 Å². The van der Waals surface area contributed by atoms with E-state index in [2.05, 4.69) is 40.1 Å². The monoisotopic (exact) mass is 446 g/mol. The number of aromatic nitrogens is 2. The summed E-state index contributed by atoms with van der Waals surface area (Å²) in [5.41, 5.74) is 13.2. The molecule has 1 amide bonds. The lowest BCUT2D eigenvalue weighted by molar-refractivity contribution is 0.0950. The minimum absolute atomic E-state index is 0.158. The van der Waals surface area contributed by atoms with Crippen molar-refractivity contribution in [3.05, 3.63) is 105 Å². The highest BCUT2D eigenvalue weighted by Gasteiger charge is 2.11. The number of aryl methyl sites for hydroxylation is 3. The molecule has 0 aliphatic rings. The highest BCUT2D eigenvalue weighted by molar-refractivity contribution is 6.33. The first-order chi connectivity index (χ1) is 15.3. The van der Waals surface area contributed by atoms with Gasteiger partial charge in [0.15, 0.2) is 0 Å². The van der Waals surface area contributed by atoms with E-state index in [1.165, 1.54) is 0 Å². The Kier molecular flexibility index (Phi) is 7.44. The Labute approximate surface area is 194 Å². The van der Waals surface area contributed by atoms with Crippen LogP contribution in [0.15, 0.2) is 60.3 Å². The quantitative estimate of drug-likeness (QED) is 0.484. The molecule has 32 heavy (non-hydrogen) atoms. The number of nitrogen functional groups attached to an aromatic ring is 1. The number of hydrogen-bond donors (Lipinski definition) is 2. The molecule has 2 aromatic heterocycles.